The molecule has 8 heteroatoms. The average molecular weight is 357 g/mol. The van der Waals surface area contributed by atoms with E-state index in [0.29, 0.717) is 12.4 Å². The van der Waals surface area contributed by atoms with Gasteiger partial charge in [-0.1, -0.05) is 11.3 Å². The lowest BCUT2D eigenvalue weighted by Crippen LogP contribution is -2.34. The van der Waals surface area contributed by atoms with Crippen LogP contribution < -0.4 is 10.2 Å². The minimum Gasteiger partial charge on any atom is -0.396 e. The molecule has 0 spiro atoms. The number of pyridine rings is 1. The Bertz CT molecular complexity index is 845. The van der Waals surface area contributed by atoms with Gasteiger partial charge < -0.3 is 15.3 Å². The van der Waals surface area contributed by atoms with E-state index in [1.54, 1.807) is 6.20 Å². The zero-order valence-corrected chi connectivity index (χ0v) is 14.5. The average Bonchev–Trinajstić information content (AvgIpc) is 3.31. The zero-order valence-electron chi connectivity index (χ0n) is 13.7. The van der Waals surface area contributed by atoms with Crippen LogP contribution in [0.25, 0.3) is 10.2 Å². The molecule has 2 N–H and O–H groups in total. The second-order valence-electron chi connectivity index (χ2n) is 6.69. The number of rotatable bonds is 4. The third kappa shape index (κ3) is 3.17. The molecule has 3 atom stereocenters. The number of anilines is 2. The molecule has 3 heterocycles. The number of nitrogens with zero attached hydrogens (tertiary/aromatic N) is 4. The van der Waals surface area contributed by atoms with Gasteiger partial charge in [0, 0.05) is 31.8 Å². The molecule has 0 bridgehead atoms. The van der Waals surface area contributed by atoms with Crippen LogP contribution in [0.2, 0.25) is 0 Å². The molecule has 1 aliphatic heterocycles. The van der Waals surface area contributed by atoms with Crippen molar-refractivity contribution in [2.75, 3.05) is 29.9 Å². The van der Waals surface area contributed by atoms with E-state index in [9.17, 15) is 4.79 Å². The summed E-state index contributed by atoms with van der Waals surface area (Å²) >= 11 is 1.50. The predicted molar refractivity (Wildman–Crippen MR) is 95.3 cm³/mol. The third-order valence-corrected chi connectivity index (χ3v) is 6.04. The van der Waals surface area contributed by atoms with E-state index >= 15 is 0 Å². The van der Waals surface area contributed by atoms with Crippen molar-refractivity contribution in [1.82, 2.24) is 9.97 Å². The van der Waals surface area contributed by atoms with E-state index < -0.39 is 0 Å². The van der Waals surface area contributed by atoms with Gasteiger partial charge in [-0.15, -0.1) is 0 Å². The first kappa shape index (κ1) is 16.2. The molecule has 25 heavy (non-hydrogen) atoms. The number of fused-ring (bicyclic) bond motifs is 1. The van der Waals surface area contributed by atoms with E-state index in [1.165, 1.54) is 11.3 Å². The van der Waals surface area contributed by atoms with Crippen LogP contribution in [0.4, 0.5) is 10.9 Å². The molecule has 2 aromatic rings. The summed E-state index contributed by atoms with van der Waals surface area (Å²) in [6, 6.07) is 4.19. The van der Waals surface area contributed by atoms with E-state index in [2.05, 4.69) is 26.3 Å². The van der Waals surface area contributed by atoms with Gasteiger partial charge in [0.25, 0.3) is 0 Å². The highest BCUT2D eigenvalue weighted by molar-refractivity contribution is 7.22. The molecule has 1 saturated carbocycles. The van der Waals surface area contributed by atoms with E-state index in [-0.39, 0.29) is 30.3 Å². The van der Waals surface area contributed by atoms with Crippen LogP contribution in [0.15, 0.2) is 12.3 Å². The largest absolute Gasteiger partial charge is 0.396 e. The Hall–Kier alpha value is -2.24. The minimum absolute atomic E-state index is 0.0448. The summed E-state index contributed by atoms with van der Waals surface area (Å²) in [5, 5.41) is 22.0. The highest BCUT2D eigenvalue weighted by Gasteiger charge is 2.42. The Balaban J connectivity index is 1.56. The highest BCUT2D eigenvalue weighted by atomic mass is 32.1. The number of aromatic nitrogens is 2. The van der Waals surface area contributed by atoms with Crippen molar-refractivity contribution in [1.29, 1.82) is 5.26 Å². The molecule has 0 aromatic carbocycles. The monoisotopic (exact) mass is 357 g/mol. The van der Waals surface area contributed by atoms with Gasteiger partial charge in [-0.3, -0.25) is 4.79 Å². The fourth-order valence-corrected chi connectivity index (χ4v) is 4.34. The molecule has 1 saturated heterocycles. The summed E-state index contributed by atoms with van der Waals surface area (Å²) in [5.41, 5.74) is 0.805. The van der Waals surface area contributed by atoms with Crippen molar-refractivity contribution >= 4 is 38.4 Å². The summed E-state index contributed by atoms with van der Waals surface area (Å²) in [7, 11) is 0. The molecule has 1 aliphatic carbocycles. The molecule has 2 aliphatic rings. The molecule has 4 rings (SSSR count). The quantitative estimate of drug-likeness (QED) is 0.868. The van der Waals surface area contributed by atoms with Crippen LogP contribution in [0, 0.1) is 29.1 Å². The second-order valence-corrected chi connectivity index (χ2v) is 7.67. The Kier molecular flexibility index (Phi) is 4.27. The lowest BCUT2D eigenvalue weighted by Gasteiger charge is -2.28. The summed E-state index contributed by atoms with van der Waals surface area (Å²) in [6.07, 6.45) is 4.30. The summed E-state index contributed by atoms with van der Waals surface area (Å²) in [6.45, 7) is 1.65. The first-order chi connectivity index (χ1) is 12.2. The van der Waals surface area contributed by atoms with Gasteiger partial charge in [-0.25, -0.2) is 9.97 Å². The fraction of sp³-hybridized carbons (Fsp3) is 0.529. The Morgan fingerprint density at radius 3 is 3.20 bits per heavy atom. The predicted octanol–water partition coefficient (Wildman–Crippen LogP) is 2.00. The standard InChI is InChI=1S/C17H19N5O2S/c18-7-10-2-1-5-22(8-10)17-20-13-3-4-19-15(14(13)25-17)21-16(24)12-6-11(12)9-23/h3-4,10-12,23H,1-2,5-6,8-9H2,(H,19,21,24)/t10?,11-,12+/m0/s1. The van der Waals surface area contributed by atoms with E-state index in [4.69, 9.17) is 10.4 Å². The number of hydrogen-bond acceptors (Lipinski definition) is 7. The lowest BCUT2D eigenvalue weighted by molar-refractivity contribution is -0.117. The number of nitrogens with one attached hydrogen (secondary N) is 1. The minimum atomic E-state index is -0.118. The number of amides is 1. The molecule has 1 amide bonds. The first-order valence-corrected chi connectivity index (χ1v) is 9.33. The number of carbonyl (C=O) groups excluding carboxylic acids is 1. The molecule has 2 fully saturated rings. The number of piperidine rings is 1. The maximum absolute atomic E-state index is 12.3. The SMILES string of the molecule is N#CC1CCCN(c2nc3ccnc(NC(=O)[C@@H]4C[C@H]4CO)c3s2)C1. The summed E-state index contributed by atoms with van der Waals surface area (Å²) in [4.78, 5) is 23.4. The van der Waals surface area contributed by atoms with Crippen LogP contribution in [0.3, 0.4) is 0 Å². The van der Waals surface area contributed by atoms with Gasteiger partial charge in [0.1, 0.15) is 0 Å². The number of hydrogen-bond donors (Lipinski definition) is 2. The topological polar surface area (TPSA) is 102 Å². The van der Waals surface area contributed by atoms with Crippen LogP contribution in [-0.2, 0) is 4.79 Å². The smallest absolute Gasteiger partial charge is 0.229 e. The van der Waals surface area contributed by atoms with Crippen molar-refractivity contribution in [2.45, 2.75) is 19.3 Å². The molecular weight excluding hydrogens is 338 g/mol. The Morgan fingerprint density at radius 1 is 1.56 bits per heavy atom. The maximum Gasteiger partial charge on any atom is 0.229 e. The Labute approximate surface area is 149 Å². The zero-order chi connectivity index (χ0) is 17.4. The normalized spacial score (nSPS) is 25.6. The molecule has 130 valence electrons. The van der Waals surface area contributed by atoms with Crippen molar-refractivity contribution < 1.29 is 9.90 Å². The van der Waals surface area contributed by atoms with Crippen molar-refractivity contribution in [3.8, 4) is 6.07 Å². The fourth-order valence-electron chi connectivity index (χ4n) is 3.30. The van der Waals surface area contributed by atoms with Gasteiger partial charge >= 0.3 is 0 Å². The maximum atomic E-state index is 12.3. The van der Waals surface area contributed by atoms with Gasteiger partial charge in [0.15, 0.2) is 10.9 Å². The van der Waals surface area contributed by atoms with Gasteiger partial charge in [-0.05, 0) is 31.2 Å². The molecule has 0 radical (unpaired) electrons. The van der Waals surface area contributed by atoms with E-state index in [1.807, 2.05) is 6.07 Å². The van der Waals surface area contributed by atoms with Crippen LogP contribution >= 0.6 is 11.3 Å². The van der Waals surface area contributed by atoms with Crippen LogP contribution in [-0.4, -0.2) is 40.7 Å². The number of thiazole rings is 1. The first-order valence-electron chi connectivity index (χ1n) is 8.51. The highest BCUT2D eigenvalue weighted by Crippen LogP contribution is 2.40. The van der Waals surface area contributed by atoms with Crippen LogP contribution in [0.5, 0.6) is 0 Å². The second kappa shape index (κ2) is 6.58. The van der Waals surface area contributed by atoms with Gasteiger partial charge in [-0.2, -0.15) is 5.26 Å². The summed E-state index contributed by atoms with van der Waals surface area (Å²) in [5.74, 6) is 0.448. The number of nitriles is 1. The molecule has 1 unspecified atom stereocenters. The van der Waals surface area contributed by atoms with Gasteiger partial charge in [0.05, 0.1) is 22.2 Å². The molecule has 2 aromatic heterocycles. The number of aliphatic hydroxyl groups is 1. The Morgan fingerprint density at radius 2 is 2.44 bits per heavy atom. The number of carbonyl (C=O) groups is 1. The molecular formula is C17H19N5O2S. The van der Waals surface area contributed by atoms with Crippen molar-refractivity contribution in [3.63, 3.8) is 0 Å². The van der Waals surface area contributed by atoms with Crippen molar-refractivity contribution in [2.24, 2.45) is 17.8 Å². The van der Waals surface area contributed by atoms with Crippen LogP contribution in [0.1, 0.15) is 19.3 Å². The summed E-state index contributed by atoms with van der Waals surface area (Å²) < 4.78 is 0.853. The van der Waals surface area contributed by atoms with E-state index in [0.717, 1.165) is 41.2 Å². The number of aliphatic hydroxyl groups excluding tert-OH is 1. The van der Waals surface area contributed by atoms with Gasteiger partial charge in [0.2, 0.25) is 5.91 Å². The lowest BCUT2D eigenvalue weighted by atomic mass is 10.0. The van der Waals surface area contributed by atoms with Crippen molar-refractivity contribution in [3.05, 3.63) is 12.3 Å². The molecule has 7 nitrogen and oxygen atoms in total. The third-order valence-electron chi connectivity index (χ3n) is 4.90.